The Balaban J connectivity index is 1.30. The first-order valence-corrected chi connectivity index (χ1v) is 12.2. The SMILES string of the molecule is O=C(NCCN1CCNCC1)c1ccc2c(c1)C(=O)c1ccc(Nc3ccc(F)cc3F)cc1CC2. The van der Waals surface area contributed by atoms with Crippen LogP contribution < -0.4 is 16.0 Å². The molecule has 0 aromatic heterocycles. The lowest BCUT2D eigenvalue weighted by Gasteiger charge is -2.27. The summed E-state index contributed by atoms with van der Waals surface area (Å²) in [4.78, 5) is 28.5. The monoisotopic (exact) mass is 490 g/mol. The minimum Gasteiger partial charge on any atom is -0.353 e. The molecule has 0 spiro atoms. The molecule has 6 nitrogen and oxygen atoms in total. The third-order valence-electron chi connectivity index (χ3n) is 6.76. The summed E-state index contributed by atoms with van der Waals surface area (Å²) in [6, 6.07) is 13.9. The predicted molar refractivity (Wildman–Crippen MR) is 135 cm³/mol. The summed E-state index contributed by atoms with van der Waals surface area (Å²) < 4.78 is 27.3. The van der Waals surface area contributed by atoms with E-state index in [1.54, 1.807) is 24.3 Å². The summed E-state index contributed by atoms with van der Waals surface area (Å²) in [7, 11) is 0. The number of ketones is 1. The van der Waals surface area contributed by atoms with E-state index in [4.69, 9.17) is 0 Å². The lowest BCUT2D eigenvalue weighted by atomic mass is 9.96. The molecule has 3 N–H and O–H groups in total. The van der Waals surface area contributed by atoms with Gasteiger partial charge in [0.15, 0.2) is 5.78 Å². The molecular weight excluding hydrogens is 462 g/mol. The maximum Gasteiger partial charge on any atom is 0.251 e. The second-order valence-electron chi connectivity index (χ2n) is 9.17. The van der Waals surface area contributed by atoms with Crippen LogP contribution in [0.1, 0.15) is 37.4 Å². The second kappa shape index (κ2) is 10.6. The highest BCUT2D eigenvalue weighted by atomic mass is 19.1. The summed E-state index contributed by atoms with van der Waals surface area (Å²) in [5.74, 6) is -1.65. The number of nitrogens with one attached hydrogen (secondary N) is 3. The van der Waals surface area contributed by atoms with Gasteiger partial charge in [-0.05, 0) is 66.4 Å². The molecule has 0 atom stereocenters. The van der Waals surface area contributed by atoms with Gasteiger partial charge in [0.1, 0.15) is 11.6 Å². The molecule has 1 saturated heterocycles. The number of hydrogen-bond donors (Lipinski definition) is 3. The lowest BCUT2D eigenvalue weighted by molar-refractivity contribution is 0.0947. The van der Waals surface area contributed by atoms with Crippen LogP contribution in [0.15, 0.2) is 54.6 Å². The van der Waals surface area contributed by atoms with Crippen molar-refractivity contribution in [3.05, 3.63) is 94.0 Å². The molecule has 0 saturated carbocycles. The van der Waals surface area contributed by atoms with E-state index in [-0.39, 0.29) is 17.4 Å². The number of nitrogens with zero attached hydrogens (tertiary/aromatic N) is 1. The zero-order valence-electron chi connectivity index (χ0n) is 19.9. The molecule has 5 rings (SSSR count). The van der Waals surface area contributed by atoms with E-state index in [0.717, 1.165) is 49.9 Å². The van der Waals surface area contributed by atoms with Crippen LogP contribution in [0.3, 0.4) is 0 Å². The number of carbonyl (C=O) groups excluding carboxylic acids is 2. The van der Waals surface area contributed by atoms with E-state index in [1.807, 2.05) is 12.1 Å². The Hall–Kier alpha value is -3.62. The van der Waals surface area contributed by atoms with Crippen LogP contribution in [0.4, 0.5) is 20.2 Å². The van der Waals surface area contributed by atoms with Gasteiger partial charge >= 0.3 is 0 Å². The van der Waals surface area contributed by atoms with Gasteiger partial charge in [0, 0.05) is 67.7 Å². The first-order valence-electron chi connectivity index (χ1n) is 12.2. The number of rotatable bonds is 6. The average Bonchev–Trinajstić information content (AvgIpc) is 3.02. The zero-order valence-corrected chi connectivity index (χ0v) is 19.9. The Morgan fingerprint density at radius 2 is 1.72 bits per heavy atom. The van der Waals surface area contributed by atoms with Crippen LogP contribution in [0, 0.1) is 11.6 Å². The zero-order chi connectivity index (χ0) is 25.1. The summed E-state index contributed by atoms with van der Waals surface area (Å²) in [5.41, 5.74) is 4.08. The normalized spacial score (nSPS) is 15.6. The highest BCUT2D eigenvalue weighted by molar-refractivity contribution is 6.12. The quantitative estimate of drug-likeness (QED) is 0.492. The van der Waals surface area contributed by atoms with Crippen molar-refractivity contribution >= 4 is 23.1 Å². The molecular formula is C28H28F2N4O2. The van der Waals surface area contributed by atoms with Gasteiger partial charge < -0.3 is 16.0 Å². The second-order valence-corrected chi connectivity index (χ2v) is 9.17. The molecule has 1 fully saturated rings. The summed E-state index contributed by atoms with van der Waals surface area (Å²) in [6.45, 7) is 5.21. The van der Waals surface area contributed by atoms with Crippen LogP contribution in [0.2, 0.25) is 0 Å². The molecule has 36 heavy (non-hydrogen) atoms. The van der Waals surface area contributed by atoms with E-state index >= 15 is 0 Å². The summed E-state index contributed by atoms with van der Waals surface area (Å²) in [6.07, 6.45) is 1.28. The van der Waals surface area contributed by atoms with Crippen molar-refractivity contribution < 1.29 is 18.4 Å². The summed E-state index contributed by atoms with van der Waals surface area (Å²) >= 11 is 0. The Bertz CT molecular complexity index is 1300. The van der Waals surface area contributed by atoms with E-state index in [9.17, 15) is 18.4 Å². The predicted octanol–water partition coefficient (Wildman–Crippen LogP) is 3.67. The Morgan fingerprint density at radius 3 is 2.53 bits per heavy atom. The standard InChI is InChI=1S/C28H28F2N4O2/c29-21-5-8-26(25(30)17-21)33-22-6-7-23-19(15-22)3-1-18-2-4-20(16-24(18)27(23)35)28(36)32-11-14-34-12-9-31-10-13-34/h2,4-8,15-17,31,33H,1,3,9-14H2,(H,32,36). The van der Waals surface area contributed by atoms with Gasteiger partial charge in [0.05, 0.1) is 5.69 Å². The van der Waals surface area contributed by atoms with Gasteiger partial charge in [-0.15, -0.1) is 0 Å². The number of benzene rings is 3. The Labute approximate surface area is 208 Å². The van der Waals surface area contributed by atoms with Crippen molar-refractivity contribution in [2.45, 2.75) is 12.8 Å². The number of hydrogen-bond acceptors (Lipinski definition) is 5. The minimum absolute atomic E-state index is 0.132. The van der Waals surface area contributed by atoms with Crippen LogP contribution in [-0.2, 0) is 12.8 Å². The molecule has 0 radical (unpaired) electrons. The largest absolute Gasteiger partial charge is 0.353 e. The first-order chi connectivity index (χ1) is 17.5. The van der Waals surface area contributed by atoms with Crippen molar-refractivity contribution in [3.8, 4) is 0 Å². The molecule has 1 amide bonds. The van der Waals surface area contributed by atoms with Gasteiger partial charge in [-0.25, -0.2) is 8.78 Å². The van der Waals surface area contributed by atoms with Gasteiger partial charge in [-0.3, -0.25) is 14.5 Å². The Morgan fingerprint density at radius 1 is 0.917 bits per heavy atom. The van der Waals surface area contributed by atoms with Crippen molar-refractivity contribution in [2.75, 3.05) is 44.6 Å². The molecule has 8 heteroatoms. The third-order valence-corrected chi connectivity index (χ3v) is 6.76. The highest BCUT2D eigenvalue weighted by Gasteiger charge is 2.23. The molecule has 1 aliphatic carbocycles. The van der Waals surface area contributed by atoms with Gasteiger partial charge in [0.2, 0.25) is 0 Å². The topological polar surface area (TPSA) is 73.5 Å². The molecule has 0 bridgehead atoms. The number of fused-ring (bicyclic) bond motifs is 2. The highest BCUT2D eigenvalue weighted by Crippen LogP contribution is 2.29. The summed E-state index contributed by atoms with van der Waals surface area (Å²) in [5, 5.41) is 9.24. The third kappa shape index (κ3) is 5.29. The van der Waals surface area contributed by atoms with E-state index < -0.39 is 11.6 Å². The van der Waals surface area contributed by atoms with Crippen LogP contribution in [0.5, 0.6) is 0 Å². The van der Waals surface area contributed by atoms with Crippen molar-refractivity contribution in [2.24, 2.45) is 0 Å². The first kappa shape index (κ1) is 24.1. The average molecular weight is 491 g/mol. The van der Waals surface area contributed by atoms with Crippen LogP contribution in [-0.4, -0.2) is 55.9 Å². The Kier molecular flexibility index (Phi) is 7.06. The minimum atomic E-state index is -0.688. The smallest absolute Gasteiger partial charge is 0.251 e. The molecule has 3 aromatic carbocycles. The number of carbonyl (C=O) groups is 2. The maximum absolute atomic E-state index is 14.1. The van der Waals surface area contributed by atoms with Crippen molar-refractivity contribution in [1.29, 1.82) is 0 Å². The molecule has 3 aromatic rings. The van der Waals surface area contributed by atoms with Crippen LogP contribution in [0.25, 0.3) is 0 Å². The van der Waals surface area contributed by atoms with E-state index in [0.29, 0.717) is 41.8 Å². The number of aryl methyl sites for hydroxylation is 2. The lowest BCUT2D eigenvalue weighted by Crippen LogP contribution is -2.46. The molecule has 1 heterocycles. The number of amides is 1. The fourth-order valence-corrected chi connectivity index (χ4v) is 4.77. The van der Waals surface area contributed by atoms with Gasteiger partial charge in [0.25, 0.3) is 5.91 Å². The van der Waals surface area contributed by atoms with Crippen molar-refractivity contribution in [1.82, 2.24) is 15.5 Å². The maximum atomic E-state index is 14.1. The molecule has 2 aliphatic rings. The van der Waals surface area contributed by atoms with E-state index in [2.05, 4.69) is 20.9 Å². The molecule has 1 aliphatic heterocycles. The van der Waals surface area contributed by atoms with Crippen LogP contribution >= 0.6 is 0 Å². The fraction of sp³-hybridized carbons (Fsp3) is 0.286. The number of anilines is 2. The van der Waals surface area contributed by atoms with Crippen molar-refractivity contribution in [3.63, 3.8) is 0 Å². The molecule has 0 unspecified atom stereocenters. The van der Waals surface area contributed by atoms with Gasteiger partial charge in [-0.2, -0.15) is 0 Å². The molecule has 186 valence electrons. The fourth-order valence-electron chi connectivity index (χ4n) is 4.77. The number of piperazine rings is 1. The number of halogens is 2. The van der Waals surface area contributed by atoms with Gasteiger partial charge in [-0.1, -0.05) is 6.07 Å². The van der Waals surface area contributed by atoms with E-state index in [1.165, 1.54) is 12.1 Å².